The molecule has 166 valence electrons. The van der Waals surface area contributed by atoms with Crippen LogP contribution in [0.25, 0.3) is 0 Å². The van der Waals surface area contributed by atoms with E-state index in [9.17, 15) is 9.59 Å². The van der Waals surface area contributed by atoms with E-state index in [1.165, 1.54) is 0 Å². The second kappa shape index (κ2) is 10.2. The highest BCUT2D eigenvalue weighted by Crippen LogP contribution is 2.26. The standard InChI is InChI=1S/C23H35N3O4/c1-16(2)26-8-5-17(15-26)14-24-22(27)18-6-9-25(10-7-18)23(28)19-11-20(29-3)13-21(12-19)30-4/h11-13,16-18H,5-10,14-15H2,1-4H3,(H,24,27). The first-order chi connectivity index (χ1) is 14.4. The van der Waals surface area contributed by atoms with Crippen molar-refractivity contribution in [3.05, 3.63) is 23.8 Å². The number of piperidine rings is 1. The lowest BCUT2D eigenvalue weighted by Gasteiger charge is -2.31. The summed E-state index contributed by atoms with van der Waals surface area (Å²) in [7, 11) is 3.14. The monoisotopic (exact) mass is 417 g/mol. The molecule has 3 rings (SSSR count). The Hall–Kier alpha value is -2.28. The van der Waals surface area contributed by atoms with E-state index in [-0.39, 0.29) is 17.7 Å². The third-order valence-corrected chi connectivity index (χ3v) is 6.36. The number of methoxy groups -OCH3 is 2. The van der Waals surface area contributed by atoms with Gasteiger partial charge in [0.15, 0.2) is 0 Å². The minimum absolute atomic E-state index is 0.0171. The SMILES string of the molecule is COc1cc(OC)cc(C(=O)N2CCC(C(=O)NCC3CCN(C(C)C)C3)CC2)c1. The number of nitrogens with one attached hydrogen (secondary N) is 1. The Morgan fingerprint density at radius 1 is 1.03 bits per heavy atom. The maximum atomic E-state index is 12.9. The highest BCUT2D eigenvalue weighted by atomic mass is 16.5. The van der Waals surface area contributed by atoms with Gasteiger partial charge in [-0.2, -0.15) is 0 Å². The minimum atomic E-state index is -0.0502. The van der Waals surface area contributed by atoms with Gasteiger partial charge in [-0.3, -0.25) is 9.59 Å². The third-order valence-electron chi connectivity index (χ3n) is 6.36. The molecular formula is C23H35N3O4. The molecule has 1 aromatic carbocycles. The zero-order valence-electron chi connectivity index (χ0n) is 18.6. The van der Waals surface area contributed by atoms with Crippen molar-refractivity contribution in [2.45, 2.75) is 39.2 Å². The number of benzene rings is 1. The van der Waals surface area contributed by atoms with Crippen LogP contribution in [0.3, 0.4) is 0 Å². The maximum Gasteiger partial charge on any atom is 0.254 e. The lowest BCUT2D eigenvalue weighted by Crippen LogP contribution is -2.44. The van der Waals surface area contributed by atoms with Crippen molar-refractivity contribution in [2.75, 3.05) is 46.9 Å². The van der Waals surface area contributed by atoms with Gasteiger partial charge in [0.05, 0.1) is 14.2 Å². The van der Waals surface area contributed by atoms with Gasteiger partial charge < -0.3 is 24.6 Å². The third kappa shape index (κ3) is 5.45. The molecule has 2 aliphatic rings. The first kappa shape index (κ1) is 22.4. The van der Waals surface area contributed by atoms with Crippen molar-refractivity contribution in [3.8, 4) is 11.5 Å². The summed E-state index contributed by atoms with van der Waals surface area (Å²) in [6.45, 7) is 8.55. The molecule has 0 aromatic heterocycles. The van der Waals surface area contributed by atoms with Gasteiger partial charge in [0, 0.05) is 49.8 Å². The fraction of sp³-hybridized carbons (Fsp3) is 0.652. The van der Waals surface area contributed by atoms with Crippen LogP contribution in [0, 0.1) is 11.8 Å². The van der Waals surface area contributed by atoms with Gasteiger partial charge in [0.1, 0.15) is 11.5 Å². The number of hydrogen-bond donors (Lipinski definition) is 1. The van der Waals surface area contributed by atoms with Gasteiger partial charge in [0.25, 0.3) is 5.91 Å². The van der Waals surface area contributed by atoms with Gasteiger partial charge in [-0.25, -0.2) is 0 Å². The van der Waals surface area contributed by atoms with Crippen LogP contribution in [0.1, 0.15) is 43.5 Å². The predicted molar refractivity (Wildman–Crippen MR) is 116 cm³/mol. The summed E-state index contributed by atoms with van der Waals surface area (Å²) in [6.07, 6.45) is 2.54. The van der Waals surface area contributed by atoms with Crippen LogP contribution in [0.5, 0.6) is 11.5 Å². The van der Waals surface area contributed by atoms with E-state index in [0.717, 1.165) is 26.1 Å². The Balaban J connectivity index is 1.47. The molecule has 1 aromatic rings. The summed E-state index contributed by atoms with van der Waals surface area (Å²) in [6, 6.07) is 5.77. The number of nitrogens with zero attached hydrogens (tertiary/aromatic N) is 2. The molecule has 2 fully saturated rings. The first-order valence-electron chi connectivity index (χ1n) is 10.9. The summed E-state index contributed by atoms with van der Waals surface area (Å²) in [5.41, 5.74) is 0.546. The maximum absolute atomic E-state index is 12.9. The molecule has 0 bridgehead atoms. The number of carbonyl (C=O) groups is 2. The Morgan fingerprint density at radius 2 is 1.67 bits per heavy atom. The molecule has 1 N–H and O–H groups in total. The van der Waals surface area contributed by atoms with Crippen LogP contribution in [0.4, 0.5) is 0 Å². The lowest BCUT2D eigenvalue weighted by molar-refractivity contribution is -0.126. The second-order valence-corrected chi connectivity index (χ2v) is 8.66. The summed E-state index contributed by atoms with van der Waals surface area (Å²) in [5, 5.41) is 3.16. The van der Waals surface area contributed by atoms with Crippen molar-refractivity contribution in [1.82, 2.24) is 15.1 Å². The number of hydrogen-bond acceptors (Lipinski definition) is 5. The summed E-state index contributed by atoms with van der Waals surface area (Å²) in [4.78, 5) is 29.8. The fourth-order valence-corrected chi connectivity index (χ4v) is 4.35. The average molecular weight is 418 g/mol. The number of amides is 2. The average Bonchev–Trinajstić information content (AvgIpc) is 3.26. The number of ether oxygens (including phenoxy) is 2. The topological polar surface area (TPSA) is 71.1 Å². The van der Waals surface area contributed by atoms with Crippen LogP contribution in [0.2, 0.25) is 0 Å². The molecule has 0 radical (unpaired) electrons. The summed E-state index contributed by atoms with van der Waals surface area (Å²) < 4.78 is 10.5. The molecule has 7 heteroatoms. The van der Waals surface area contributed by atoms with Crippen LogP contribution in [0.15, 0.2) is 18.2 Å². The predicted octanol–water partition coefficient (Wildman–Crippen LogP) is 2.40. The Bertz CT molecular complexity index is 722. The smallest absolute Gasteiger partial charge is 0.254 e. The molecule has 1 atom stereocenters. The fourth-order valence-electron chi connectivity index (χ4n) is 4.35. The van der Waals surface area contributed by atoms with Crippen LogP contribution < -0.4 is 14.8 Å². The Kier molecular flexibility index (Phi) is 7.58. The lowest BCUT2D eigenvalue weighted by atomic mass is 9.95. The molecule has 1 unspecified atom stereocenters. The van der Waals surface area contributed by atoms with E-state index in [1.54, 1.807) is 32.4 Å². The summed E-state index contributed by atoms with van der Waals surface area (Å²) in [5.74, 6) is 1.79. The molecule has 2 heterocycles. The highest BCUT2D eigenvalue weighted by Gasteiger charge is 2.29. The van der Waals surface area contributed by atoms with Gasteiger partial charge in [-0.1, -0.05) is 0 Å². The van der Waals surface area contributed by atoms with E-state index in [0.29, 0.717) is 55.0 Å². The largest absolute Gasteiger partial charge is 0.497 e. The summed E-state index contributed by atoms with van der Waals surface area (Å²) >= 11 is 0. The zero-order valence-corrected chi connectivity index (χ0v) is 18.6. The Labute approximate surface area is 179 Å². The van der Waals surface area contributed by atoms with E-state index in [1.807, 2.05) is 4.90 Å². The number of rotatable bonds is 7. The van der Waals surface area contributed by atoms with Gasteiger partial charge in [0.2, 0.25) is 5.91 Å². The molecule has 2 aliphatic heterocycles. The minimum Gasteiger partial charge on any atom is -0.497 e. The van der Waals surface area contributed by atoms with Gasteiger partial charge in [-0.05, 0) is 57.7 Å². The molecule has 0 spiro atoms. The zero-order chi connectivity index (χ0) is 21.7. The van der Waals surface area contributed by atoms with Crippen LogP contribution in [-0.4, -0.2) is 74.6 Å². The van der Waals surface area contributed by atoms with E-state index in [4.69, 9.17) is 9.47 Å². The normalized spacial score (nSPS) is 20.4. The second-order valence-electron chi connectivity index (χ2n) is 8.66. The highest BCUT2D eigenvalue weighted by molar-refractivity contribution is 5.95. The van der Waals surface area contributed by atoms with E-state index >= 15 is 0 Å². The van der Waals surface area contributed by atoms with Gasteiger partial charge in [-0.15, -0.1) is 0 Å². The van der Waals surface area contributed by atoms with E-state index < -0.39 is 0 Å². The molecular weight excluding hydrogens is 382 g/mol. The van der Waals surface area contributed by atoms with Crippen molar-refractivity contribution in [3.63, 3.8) is 0 Å². The molecule has 30 heavy (non-hydrogen) atoms. The molecule has 2 amide bonds. The van der Waals surface area contributed by atoms with Crippen LogP contribution in [-0.2, 0) is 4.79 Å². The quantitative estimate of drug-likeness (QED) is 0.738. The Morgan fingerprint density at radius 3 is 2.20 bits per heavy atom. The van der Waals surface area contributed by atoms with Crippen LogP contribution >= 0.6 is 0 Å². The van der Waals surface area contributed by atoms with Crippen molar-refractivity contribution < 1.29 is 19.1 Å². The molecule has 2 saturated heterocycles. The van der Waals surface area contributed by atoms with Crippen molar-refractivity contribution in [2.24, 2.45) is 11.8 Å². The van der Waals surface area contributed by atoms with Crippen molar-refractivity contribution in [1.29, 1.82) is 0 Å². The first-order valence-corrected chi connectivity index (χ1v) is 10.9. The van der Waals surface area contributed by atoms with E-state index in [2.05, 4.69) is 24.1 Å². The molecule has 0 saturated carbocycles. The number of carbonyl (C=O) groups excluding carboxylic acids is 2. The van der Waals surface area contributed by atoms with Crippen molar-refractivity contribution >= 4 is 11.8 Å². The molecule has 0 aliphatic carbocycles. The molecule has 7 nitrogen and oxygen atoms in total. The number of likely N-dealkylation sites (tertiary alicyclic amines) is 2. The van der Waals surface area contributed by atoms with Gasteiger partial charge >= 0.3 is 0 Å².